The van der Waals surface area contributed by atoms with Gasteiger partial charge < -0.3 is 20.3 Å². The van der Waals surface area contributed by atoms with Crippen LogP contribution in [0.4, 0.5) is 5.69 Å². The van der Waals surface area contributed by atoms with Crippen molar-refractivity contribution >= 4 is 62.5 Å². The van der Waals surface area contributed by atoms with E-state index in [-0.39, 0.29) is 30.2 Å². The number of nitrogens with one attached hydrogen (secondary N) is 2. The molecule has 10 heteroatoms. The molecule has 3 heterocycles. The van der Waals surface area contributed by atoms with Crippen LogP contribution in [0, 0.1) is 0 Å². The molecule has 41 heavy (non-hydrogen) atoms. The van der Waals surface area contributed by atoms with Crippen molar-refractivity contribution in [2.45, 2.75) is 49.7 Å². The fourth-order valence-electron chi connectivity index (χ4n) is 6.59. The number of likely N-dealkylation sites (tertiary alicyclic amines) is 1. The number of halogens is 3. The van der Waals surface area contributed by atoms with E-state index in [2.05, 4.69) is 26.6 Å². The van der Waals surface area contributed by atoms with E-state index in [1.165, 1.54) is 0 Å². The van der Waals surface area contributed by atoms with Crippen LogP contribution in [0.2, 0.25) is 10.0 Å². The molecule has 0 saturated carbocycles. The van der Waals surface area contributed by atoms with E-state index in [0.29, 0.717) is 53.0 Å². The van der Waals surface area contributed by atoms with Crippen molar-refractivity contribution in [1.29, 1.82) is 0 Å². The van der Waals surface area contributed by atoms with E-state index in [0.717, 1.165) is 15.6 Å². The zero-order chi connectivity index (χ0) is 28.9. The van der Waals surface area contributed by atoms with Crippen LogP contribution in [0.3, 0.4) is 0 Å². The summed E-state index contributed by atoms with van der Waals surface area (Å²) < 4.78 is 7.37. The third-order valence-electron chi connectivity index (χ3n) is 8.47. The van der Waals surface area contributed by atoms with Gasteiger partial charge in [0, 0.05) is 71.0 Å². The van der Waals surface area contributed by atoms with Gasteiger partial charge in [0.15, 0.2) is 0 Å². The molecule has 3 aromatic rings. The van der Waals surface area contributed by atoms with Gasteiger partial charge in [0.25, 0.3) is 0 Å². The lowest BCUT2D eigenvalue weighted by Gasteiger charge is -2.47. The number of amides is 3. The maximum Gasteiger partial charge on any atom is 0.238 e. The third-order valence-corrected chi connectivity index (χ3v) is 9.43. The summed E-state index contributed by atoms with van der Waals surface area (Å²) in [6.45, 7) is 2.81. The van der Waals surface area contributed by atoms with Gasteiger partial charge in [0.1, 0.15) is 17.3 Å². The molecule has 0 radical (unpaired) electrons. The fourth-order valence-corrected chi connectivity index (χ4v) is 7.34. The SMILES string of the molecule is CC(=O)N1CCC(Oc2ccc(Br)cc2[C@@H]2NC(=O)C[C@H](c3cccc(Cl)c3)[C@@]23C(=O)Nc2cc(Cl)ccc23)CC1. The Morgan fingerprint density at radius 1 is 1.02 bits per heavy atom. The van der Waals surface area contributed by atoms with Crippen molar-refractivity contribution in [3.8, 4) is 5.75 Å². The van der Waals surface area contributed by atoms with Crippen molar-refractivity contribution in [2.75, 3.05) is 18.4 Å². The highest BCUT2D eigenvalue weighted by molar-refractivity contribution is 9.10. The Morgan fingerprint density at radius 3 is 2.51 bits per heavy atom. The summed E-state index contributed by atoms with van der Waals surface area (Å²) in [6.07, 6.45) is 1.35. The monoisotopic (exact) mass is 655 g/mol. The molecule has 3 aliphatic heterocycles. The van der Waals surface area contributed by atoms with E-state index in [4.69, 9.17) is 27.9 Å². The molecule has 0 unspecified atom stereocenters. The zero-order valence-corrected chi connectivity index (χ0v) is 25.4. The molecule has 212 valence electrons. The Kier molecular flexibility index (Phi) is 7.51. The van der Waals surface area contributed by atoms with Gasteiger partial charge in [0.2, 0.25) is 17.7 Å². The quantitative estimate of drug-likeness (QED) is 0.341. The molecule has 3 aromatic carbocycles. The third kappa shape index (κ3) is 5.00. The molecule has 0 bridgehead atoms. The van der Waals surface area contributed by atoms with Gasteiger partial charge in [-0.2, -0.15) is 0 Å². The molecule has 3 atom stereocenters. The first-order valence-electron chi connectivity index (χ1n) is 13.5. The molecule has 0 aromatic heterocycles. The number of rotatable bonds is 4. The molecule has 2 fully saturated rings. The first-order chi connectivity index (χ1) is 19.7. The number of carbonyl (C=O) groups is 3. The standard InChI is InChI=1S/C31H28BrCl2N3O4/c1-17(38)37-11-9-22(10-12-37)41-27-8-5-19(32)14-23(27)29-31(24-7-6-21(34)15-26(24)35-30(31)40)25(16-28(39)36-29)18-3-2-4-20(33)13-18/h2-8,13-15,22,25,29H,9-12,16H2,1H3,(H,35,40)(H,36,39)/t25-,29+,31-/m1/s1. The predicted octanol–water partition coefficient (Wildman–Crippen LogP) is 6.38. The molecule has 3 aliphatic rings. The van der Waals surface area contributed by atoms with Crippen molar-refractivity contribution in [1.82, 2.24) is 10.2 Å². The number of carbonyl (C=O) groups excluding carboxylic acids is 3. The van der Waals surface area contributed by atoms with Crippen LogP contribution in [0.25, 0.3) is 0 Å². The van der Waals surface area contributed by atoms with Crippen molar-refractivity contribution in [3.05, 3.63) is 91.9 Å². The lowest BCUT2D eigenvalue weighted by Crippen LogP contribution is -2.57. The van der Waals surface area contributed by atoms with E-state index < -0.39 is 17.4 Å². The Morgan fingerprint density at radius 2 is 1.78 bits per heavy atom. The second-order valence-electron chi connectivity index (χ2n) is 10.8. The van der Waals surface area contributed by atoms with Crippen LogP contribution in [0.1, 0.15) is 54.8 Å². The highest BCUT2D eigenvalue weighted by atomic mass is 79.9. The van der Waals surface area contributed by atoms with E-state index in [1.54, 1.807) is 25.1 Å². The second-order valence-corrected chi connectivity index (χ2v) is 12.6. The Labute approximate surface area is 256 Å². The molecule has 3 amide bonds. The number of piperidine rings is 2. The van der Waals surface area contributed by atoms with Crippen molar-refractivity contribution in [2.24, 2.45) is 0 Å². The van der Waals surface area contributed by atoms with Gasteiger partial charge in [-0.05, 0) is 53.6 Å². The second kappa shape index (κ2) is 11.0. The minimum atomic E-state index is -1.21. The summed E-state index contributed by atoms with van der Waals surface area (Å²) in [5.41, 5.74) is 1.64. The predicted molar refractivity (Wildman–Crippen MR) is 161 cm³/mol. The number of benzene rings is 3. The number of ether oxygens (including phenoxy) is 1. The topological polar surface area (TPSA) is 87.7 Å². The lowest BCUT2D eigenvalue weighted by molar-refractivity contribution is -0.132. The van der Waals surface area contributed by atoms with E-state index in [9.17, 15) is 14.4 Å². The molecule has 2 saturated heterocycles. The van der Waals surface area contributed by atoms with Gasteiger partial charge in [-0.1, -0.05) is 57.3 Å². The normalized spacial score (nSPS) is 24.1. The summed E-state index contributed by atoms with van der Waals surface area (Å²) in [5.74, 6) is -0.293. The Bertz CT molecular complexity index is 1560. The molecule has 2 N–H and O–H groups in total. The number of hydrogen-bond donors (Lipinski definition) is 2. The number of nitrogens with zero attached hydrogens (tertiary/aromatic N) is 1. The molecule has 6 rings (SSSR count). The van der Waals surface area contributed by atoms with Gasteiger partial charge >= 0.3 is 0 Å². The van der Waals surface area contributed by atoms with Gasteiger partial charge in [-0.15, -0.1) is 0 Å². The Hall–Kier alpha value is -3.07. The maximum atomic E-state index is 14.3. The highest BCUT2D eigenvalue weighted by Crippen LogP contribution is 2.58. The summed E-state index contributed by atoms with van der Waals surface area (Å²) in [6, 6.07) is 17.6. The lowest BCUT2D eigenvalue weighted by atomic mass is 9.59. The number of hydrogen-bond acceptors (Lipinski definition) is 4. The molecular formula is C31H28BrCl2N3O4. The molecular weight excluding hydrogens is 629 g/mol. The molecule has 7 nitrogen and oxygen atoms in total. The maximum absolute atomic E-state index is 14.3. The summed E-state index contributed by atoms with van der Waals surface area (Å²) in [7, 11) is 0. The van der Waals surface area contributed by atoms with Crippen LogP contribution in [0.15, 0.2) is 65.1 Å². The van der Waals surface area contributed by atoms with Crippen LogP contribution in [0.5, 0.6) is 5.75 Å². The van der Waals surface area contributed by atoms with E-state index in [1.807, 2.05) is 47.4 Å². The molecule has 1 spiro atoms. The van der Waals surface area contributed by atoms with Crippen molar-refractivity contribution in [3.63, 3.8) is 0 Å². The summed E-state index contributed by atoms with van der Waals surface area (Å²) >= 11 is 16.4. The van der Waals surface area contributed by atoms with Gasteiger partial charge in [0.05, 0.1) is 6.04 Å². The minimum absolute atomic E-state index is 0.0534. The largest absolute Gasteiger partial charge is 0.490 e. The average molecular weight is 657 g/mol. The molecule has 0 aliphatic carbocycles. The summed E-state index contributed by atoms with van der Waals surface area (Å²) in [4.78, 5) is 41.4. The number of fused-ring (bicyclic) bond motifs is 2. The fraction of sp³-hybridized carbons (Fsp3) is 0.323. The smallest absolute Gasteiger partial charge is 0.238 e. The minimum Gasteiger partial charge on any atom is -0.490 e. The van der Waals surface area contributed by atoms with Crippen LogP contribution < -0.4 is 15.4 Å². The van der Waals surface area contributed by atoms with Gasteiger partial charge in [-0.3, -0.25) is 14.4 Å². The average Bonchev–Trinajstić information content (AvgIpc) is 3.22. The van der Waals surface area contributed by atoms with E-state index >= 15 is 0 Å². The van der Waals surface area contributed by atoms with Crippen molar-refractivity contribution < 1.29 is 19.1 Å². The number of anilines is 1. The van der Waals surface area contributed by atoms with Crippen LogP contribution in [-0.2, 0) is 19.8 Å². The first-order valence-corrected chi connectivity index (χ1v) is 15.1. The van der Waals surface area contributed by atoms with Crippen LogP contribution in [-0.4, -0.2) is 41.8 Å². The van der Waals surface area contributed by atoms with Gasteiger partial charge in [-0.25, -0.2) is 0 Å². The Balaban J connectivity index is 1.50. The first kappa shape index (κ1) is 28.1. The summed E-state index contributed by atoms with van der Waals surface area (Å²) in [5, 5.41) is 7.26. The zero-order valence-electron chi connectivity index (χ0n) is 22.3. The van der Waals surface area contributed by atoms with Crippen LogP contribution >= 0.6 is 39.1 Å². The highest BCUT2D eigenvalue weighted by Gasteiger charge is 2.61.